The minimum atomic E-state index is -2.94. The van der Waals surface area contributed by atoms with Crippen LogP contribution in [0.15, 0.2) is 35.3 Å². The van der Waals surface area contributed by atoms with E-state index in [9.17, 15) is 18.4 Å². The Bertz CT molecular complexity index is 1190. The largest absolute Gasteiger partial charge is 0.365 e. The van der Waals surface area contributed by atoms with Gasteiger partial charge >= 0.3 is 0 Å². The van der Waals surface area contributed by atoms with Crippen molar-refractivity contribution in [2.45, 2.75) is 44.8 Å². The number of nitrogens with zero attached hydrogens (tertiary/aromatic N) is 3. The van der Waals surface area contributed by atoms with Gasteiger partial charge in [-0.3, -0.25) is 9.59 Å². The molecule has 2 aliphatic carbocycles. The third-order valence-corrected chi connectivity index (χ3v) is 7.84. The number of aromatic nitrogens is 1. The van der Waals surface area contributed by atoms with E-state index in [1.54, 1.807) is 11.5 Å². The third-order valence-electron chi connectivity index (χ3n) is 7.84. The standard InChI is InChI=1S/C25H29F3N4O2/c1-12-7-19(12)31-11-18(25(29)34)20(8-21(31)33)32(23-16-9-30(3)10-17(16)23)13(2)14-5-4-6-15(22(14)26)24(27)28/h4-6,8,11-13,16-17,19,23-24H,7,9-10H2,1-3H3,(H2,29,34)/t12-,13-,16?,17?,19-,23?/m1/s1. The van der Waals surface area contributed by atoms with Gasteiger partial charge in [0, 0.05) is 43.0 Å². The maximum absolute atomic E-state index is 15.2. The third kappa shape index (κ3) is 3.70. The van der Waals surface area contributed by atoms with Gasteiger partial charge in [-0.05, 0) is 38.1 Å². The van der Waals surface area contributed by atoms with Crippen LogP contribution in [0.4, 0.5) is 18.9 Å². The van der Waals surface area contributed by atoms with Gasteiger partial charge in [0.1, 0.15) is 5.82 Å². The molecule has 5 rings (SSSR count). The number of halogens is 3. The van der Waals surface area contributed by atoms with E-state index >= 15 is 4.39 Å². The average molecular weight is 475 g/mol. The Hall–Kier alpha value is -2.81. The van der Waals surface area contributed by atoms with Crippen molar-refractivity contribution in [2.24, 2.45) is 23.5 Å². The Morgan fingerprint density at radius 2 is 1.82 bits per heavy atom. The molecule has 1 saturated heterocycles. The molecular formula is C25H29F3N4O2. The van der Waals surface area contributed by atoms with Crippen LogP contribution >= 0.6 is 0 Å². The van der Waals surface area contributed by atoms with Gasteiger partial charge in [0.2, 0.25) is 0 Å². The van der Waals surface area contributed by atoms with Gasteiger partial charge in [0.25, 0.3) is 17.9 Å². The van der Waals surface area contributed by atoms with Crippen LogP contribution in [0.1, 0.15) is 60.3 Å². The Morgan fingerprint density at radius 3 is 2.38 bits per heavy atom. The highest BCUT2D eigenvalue weighted by atomic mass is 19.3. The zero-order chi connectivity index (χ0) is 24.5. The van der Waals surface area contributed by atoms with E-state index in [4.69, 9.17) is 5.73 Å². The first-order chi connectivity index (χ1) is 16.1. The summed E-state index contributed by atoms with van der Waals surface area (Å²) in [6, 6.07) is 4.68. The Labute approximate surface area is 196 Å². The van der Waals surface area contributed by atoms with Gasteiger partial charge in [-0.15, -0.1) is 0 Å². The van der Waals surface area contributed by atoms with Crippen LogP contribution in [0.25, 0.3) is 0 Å². The molecule has 2 saturated carbocycles. The van der Waals surface area contributed by atoms with E-state index in [2.05, 4.69) is 4.90 Å². The summed E-state index contributed by atoms with van der Waals surface area (Å²) >= 11 is 0. The minimum Gasteiger partial charge on any atom is -0.365 e. The zero-order valence-electron chi connectivity index (χ0n) is 19.4. The molecule has 2 N–H and O–H groups in total. The van der Waals surface area contributed by atoms with Crippen LogP contribution in [-0.2, 0) is 0 Å². The zero-order valence-corrected chi connectivity index (χ0v) is 19.4. The summed E-state index contributed by atoms with van der Waals surface area (Å²) < 4.78 is 43.6. The fraction of sp³-hybridized carbons (Fsp3) is 0.520. The molecular weight excluding hydrogens is 445 g/mol. The van der Waals surface area contributed by atoms with Crippen LogP contribution in [0.2, 0.25) is 0 Å². The first kappa shape index (κ1) is 23.0. The number of hydrogen-bond donors (Lipinski definition) is 1. The average Bonchev–Trinajstić information content (AvgIpc) is 3.61. The number of fused-ring (bicyclic) bond motifs is 1. The van der Waals surface area contributed by atoms with Crippen molar-refractivity contribution in [1.29, 1.82) is 0 Å². The number of benzene rings is 1. The molecule has 2 unspecified atom stereocenters. The van der Waals surface area contributed by atoms with Crippen LogP contribution in [0.3, 0.4) is 0 Å². The highest BCUT2D eigenvalue weighted by Gasteiger charge is 2.59. The smallest absolute Gasteiger partial charge is 0.266 e. The maximum Gasteiger partial charge on any atom is 0.266 e. The number of likely N-dealkylation sites (tertiary alicyclic amines) is 1. The summed E-state index contributed by atoms with van der Waals surface area (Å²) in [7, 11) is 2.02. The van der Waals surface area contributed by atoms with Crippen LogP contribution in [0, 0.1) is 23.6 Å². The van der Waals surface area contributed by atoms with Crippen molar-refractivity contribution < 1.29 is 18.0 Å². The molecule has 1 amide bonds. The topological polar surface area (TPSA) is 71.6 Å². The first-order valence-electron chi connectivity index (χ1n) is 11.7. The van der Waals surface area contributed by atoms with Crippen molar-refractivity contribution >= 4 is 11.6 Å². The summed E-state index contributed by atoms with van der Waals surface area (Å²) in [6.07, 6.45) is -0.577. The molecule has 0 radical (unpaired) electrons. The Balaban J connectivity index is 1.63. The quantitative estimate of drug-likeness (QED) is 0.664. The molecule has 182 valence electrons. The van der Waals surface area contributed by atoms with Gasteiger partial charge in [-0.1, -0.05) is 25.1 Å². The Kier molecular flexibility index (Phi) is 5.50. The number of nitrogens with two attached hydrogens (primary N) is 1. The van der Waals surface area contributed by atoms with Crippen molar-refractivity contribution in [3.05, 3.63) is 63.3 Å². The molecule has 6 nitrogen and oxygen atoms in total. The fourth-order valence-electron chi connectivity index (χ4n) is 5.85. The monoisotopic (exact) mass is 474 g/mol. The molecule has 0 spiro atoms. The molecule has 3 aliphatic rings. The second-order valence-corrected chi connectivity index (χ2v) is 10.1. The SMILES string of the molecule is C[C@@H]1C[C@H]1n1cc(C(N)=O)c(N(C2C3CN(C)CC32)[C@H](C)c2cccc(C(F)F)c2F)cc1=O. The van der Waals surface area contributed by atoms with Crippen molar-refractivity contribution in [3.8, 4) is 0 Å². The number of rotatable bonds is 7. The van der Waals surface area contributed by atoms with E-state index in [-0.39, 0.29) is 40.6 Å². The van der Waals surface area contributed by atoms with Gasteiger partial charge in [-0.2, -0.15) is 0 Å². The summed E-state index contributed by atoms with van der Waals surface area (Å²) in [5.74, 6) is -0.748. The highest BCUT2D eigenvalue weighted by molar-refractivity contribution is 5.98. The predicted octanol–water partition coefficient (Wildman–Crippen LogP) is 3.73. The molecule has 2 heterocycles. The minimum absolute atomic E-state index is 0.0275. The van der Waals surface area contributed by atoms with E-state index < -0.39 is 29.8 Å². The first-order valence-corrected chi connectivity index (χ1v) is 11.7. The number of anilines is 1. The van der Waals surface area contributed by atoms with E-state index in [0.717, 1.165) is 25.6 Å². The maximum atomic E-state index is 15.2. The van der Waals surface area contributed by atoms with Gasteiger partial charge < -0.3 is 20.1 Å². The molecule has 1 aromatic heterocycles. The molecule has 1 aliphatic heterocycles. The molecule has 0 bridgehead atoms. The lowest BCUT2D eigenvalue weighted by atomic mass is 10.0. The molecule has 9 heteroatoms. The van der Waals surface area contributed by atoms with Crippen molar-refractivity contribution in [2.75, 3.05) is 25.0 Å². The van der Waals surface area contributed by atoms with Crippen LogP contribution in [-0.4, -0.2) is 41.6 Å². The summed E-state index contributed by atoms with van der Waals surface area (Å²) in [5, 5.41) is 0. The summed E-state index contributed by atoms with van der Waals surface area (Å²) in [6.45, 7) is 5.43. The molecule has 5 atom stereocenters. The van der Waals surface area contributed by atoms with Crippen LogP contribution < -0.4 is 16.2 Å². The normalized spacial score (nSPS) is 28.6. The summed E-state index contributed by atoms with van der Waals surface area (Å²) in [4.78, 5) is 29.7. The van der Waals surface area contributed by atoms with E-state index in [1.807, 2.05) is 18.9 Å². The number of alkyl halides is 2. The number of hydrogen-bond acceptors (Lipinski definition) is 4. The number of primary amides is 1. The van der Waals surface area contributed by atoms with Crippen molar-refractivity contribution in [1.82, 2.24) is 9.47 Å². The lowest BCUT2D eigenvalue weighted by Crippen LogP contribution is -2.38. The number of carbonyl (C=O) groups excluding carboxylic acids is 1. The van der Waals surface area contributed by atoms with Crippen LogP contribution in [0.5, 0.6) is 0 Å². The lowest BCUT2D eigenvalue weighted by Gasteiger charge is -2.36. The number of pyridine rings is 1. The second-order valence-electron chi connectivity index (χ2n) is 10.1. The fourth-order valence-corrected chi connectivity index (χ4v) is 5.85. The molecule has 1 aromatic carbocycles. The molecule has 3 fully saturated rings. The van der Waals surface area contributed by atoms with E-state index in [0.29, 0.717) is 11.6 Å². The van der Waals surface area contributed by atoms with Gasteiger partial charge in [0.05, 0.1) is 22.9 Å². The van der Waals surface area contributed by atoms with Gasteiger partial charge in [0.15, 0.2) is 0 Å². The highest BCUT2D eigenvalue weighted by Crippen LogP contribution is 2.53. The predicted molar refractivity (Wildman–Crippen MR) is 123 cm³/mol. The number of piperidine rings is 1. The molecule has 2 aromatic rings. The second kappa shape index (κ2) is 8.15. The van der Waals surface area contributed by atoms with E-state index in [1.165, 1.54) is 24.4 Å². The summed E-state index contributed by atoms with van der Waals surface area (Å²) in [5.41, 5.74) is 5.48. The lowest BCUT2D eigenvalue weighted by molar-refractivity contribution is 0.0999. The van der Waals surface area contributed by atoms with Gasteiger partial charge in [-0.25, -0.2) is 13.2 Å². The number of amides is 1. The molecule has 34 heavy (non-hydrogen) atoms. The number of carbonyl (C=O) groups is 1. The van der Waals surface area contributed by atoms with Crippen molar-refractivity contribution in [3.63, 3.8) is 0 Å². The Morgan fingerprint density at radius 1 is 1.21 bits per heavy atom.